The Balaban J connectivity index is 1.35. The number of amides is 1. The van der Waals surface area contributed by atoms with E-state index in [2.05, 4.69) is 24.8 Å². The quantitative estimate of drug-likeness (QED) is 0.336. The summed E-state index contributed by atoms with van der Waals surface area (Å²) in [6, 6.07) is 14.2. The van der Waals surface area contributed by atoms with Crippen molar-refractivity contribution < 1.29 is 14.3 Å². The number of carbonyl (C=O) groups excluding carboxylic acids is 2. The fraction of sp³-hybridized carbons (Fsp3) is 0.484. The lowest BCUT2D eigenvalue weighted by molar-refractivity contribution is -0.146. The number of rotatable bonds is 9. The van der Waals surface area contributed by atoms with Crippen molar-refractivity contribution in [1.29, 1.82) is 0 Å². The number of hydrogen-bond donors (Lipinski definition) is 0. The topological polar surface area (TPSA) is 46.6 Å². The average Bonchev–Trinajstić information content (AvgIpc) is 3.78. The molecule has 1 amide bonds. The molecule has 3 aliphatic carbocycles. The second-order valence-electron chi connectivity index (χ2n) is 11.5. The Hall–Kier alpha value is -2.59. The van der Waals surface area contributed by atoms with E-state index in [-0.39, 0.29) is 11.7 Å². The summed E-state index contributed by atoms with van der Waals surface area (Å²) >= 11 is 5.95. The van der Waals surface area contributed by atoms with Gasteiger partial charge in [-0.3, -0.25) is 9.59 Å². The third-order valence-corrected chi connectivity index (χ3v) is 8.28. The van der Waals surface area contributed by atoms with Crippen LogP contribution in [0.1, 0.15) is 75.7 Å². The molecule has 0 spiro atoms. The van der Waals surface area contributed by atoms with Crippen LogP contribution in [0.2, 0.25) is 5.02 Å². The first-order valence-electron chi connectivity index (χ1n) is 13.3. The van der Waals surface area contributed by atoms with Crippen molar-refractivity contribution in [2.24, 2.45) is 23.7 Å². The SMILES string of the molecule is CC1C=C(N(C(=O)C(C)(C)Oc2ccc(C(=O)c3ccc(Cl)cc3)cc2)C(C2CC2)C2CC2)CC1C. The summed E-state index contributed by atoms with van der Waals surface area (Å²) in [5, 5.41) is 0.596. The molecule has 2 aromatic rings. The van der Waals surface area contributed by atoms with Gasteiger partial charge in [0.15, 0.2) is 11.4 Å². The van der Waals surface area contributed by atoms with Gasteiger partial charge in [-0.15, -0.1) is 0 Å². The molecule has 36 heavy (non-hydrogen) atoms. The predicted molar refractivity (Wildman–Crippen MR) is 143 cm³/mol. The Morgan fingerprint density at radius 3 is 1.92 bits per heavy atom. The van der Waals surface area contributed by atoms with Crippen molar-refractivity contribution in [1.82, 2.24) is 4.90 Å². The van der Waals surface area contributed by atoms with Gasteiger partial charge in [-0.05, 0) is 118 Å². The zero-order valence-electron chi connectivity index (χ0n) is 21.7. The lowest BCUT2D eigenvalue weighted by Gasteiger charge is -2.39. The molecule has 2 aromatic carbocycles. The summed E-state index contributed by atoms with van der Waals surface area (Å²) in [7, 11) is 0. The van der Waals surface area contributed by atoms with Gasteiger partial charge in [0.05, 0.1) is 0 Å². The summed E-state index contributed by atoms with van der Waals surface area (Å²) in [6.07, 6.45) is 8.12. The Morgan fingerprint density at radius 2 is 1.44 bits per heavy atom. The van der Waals surface area contributed by atoms with E-state index in [4.69, 9.17) is 16.3 Å². The van der Waals surface area contributed by atoms with E-state index in [9.17, 15) is 9.59 Å². The van der Waals surface area contributed by atoms with Crippen LogP contribution in [0.25, 0.3) is 0 Å². The van der Waals surface area contributed by atoms with Crippen molar-refractivity contribution in [3.05, 3.63) is 76.5 Å². The van der Waals surface area contributed by atoms with Crippen LogP contribution < -0.4 is 4.74 Å². The number of allylic oxidation sites excluding steroid dienone is 2. The fourth-order valence-corrected chi connectivity index (χ4v) is 5.57. The lowest BCUT2D eigenvalue weighted by atomic mass is 9.97. The highest BCUT2D eigenvalue weighted by Gasteiger charge is 2.50. The number of ketones is 1. The van der Waals surface area contributed by atoms with Gasteiger partial charge < -0.3 is 9.64 Å². The first-order valence-corrected chi connectivity index (χ1v) is 13.7. The maximum absolute atomic E-state index is 14.2. The molecule has 190 valence electrons. The average molecular weight is 506 g/mol. The molecule has 2 unspecified atom stereocenters. The van der Waals surface area contributed by atoms with Crippen LogP contribution in [0, 0.1) is 23.7 Å². The molecule has 3 aliphatic rings. The molecule has 2 saturated carbocycles. The van der Waals surface area contributed by atoms with E-state index in [0.717, 1.165) is 6.42 Å². The number of halogens is 1. The number of benzene rings is 2. The molecular formula is C31H36ClNO3. The predicted octanol–water partition coefficient (Wildman–Crippen LogP) is 7.31. The van der Waals surface area contributed by atoms with Crippen LogP contribution in [0.3, 0.4) is 0 Å². The molecule has 0 aliphatic heterocycles. The molecule has 0 heterocycles. The molecular weight excluding hydrogens is 470 g/mol. The standard InChI is InChI=1S/C31H36ClNO3/c1-19-17-26(18-20(19)2)33(28(21-5-6-21)22-7-8-22)30(35)31(3,4)36-27-15-11-24(12-16-27)29(34)23-9-13-25(32)14-10-23/h9-17,19-22,28H,5-8,18H2,1-4H3. The Morgan fingerprint density at radius 1 is 0.917 bits per heavy atom. The van der Waals surface area contributed by atoms with E-state index in [1.807, 2.05) is 13.8 Å². The Labute approximate surface area is 219 Å². The third-order valence-electron chi connectivity index (χ3n) is 8.03. The first kappa shape index (κ1) is 25.1. The number of hydrogen-bond acceptors (Lipinski definition) is 3. The molecule has 0 radical (unpaired) electrons. The van der Waals surface area contributed by atoms with Gasteiger partial charge in [0.25, 0.3) is 5.91 Å². The zero-order valence-corrected chi connectivity index (χ0v) is 22.4. The van der Waals surface area contributed by atoms with Crippen LogP contribution in [0.15, 0.2) is 60.3 Å². The number of carbonyl (C=O) groups is 2. The molecule has 4 nitrogen and oxygen atoms in total. The highest BCUT2D eigenvalue weighted by molar-refractivity contribution is 6.30. The second kappa shape index (κ2) is 9.70. The smallest absolute Gasteiger partial charge is 0.270 e. The van der Waals surface area contributed by atoms with E-state index >= 15 is 0 Å². The lowest BCUT2D eigenvalue weighted by Crippen LogP contribution is -2.53. The molecule has 0 aromatic heterocycles. The van der Waals surface area contributed by atoms with Gasteiger partial charge in [0.1, 0.15) is 5.75 Å². The summed E-state index contributed by atoms with van der Waals surface area (Å²) in [4.78, 5) is 29.1. The first-order chi connectivity index (χ1) is 17.1. The number of nitrogens with zero attached hydrogens (tertiary/aromatic N) is 1. The Bertz CT molecular complexity index is 1150. The monoisotopic (exact) mass is 505 g/mol. The molecule has 5 rings (SSSR count). The van der Waals surface area contributed by atoms with Crippen molar-refractivity contribution in [2.75, 3.05) is 0 Å². The summed E-state index contributed by atoms with van der Waals surface area (Å²) in [5.41, 5.74) is 1.31. The maximum atomic E-state index is 14.2. The van der Waals surface area contributed by atoms with Crippen molar-refractivity contribution in [2.45, 2.75) is 71.4 Å². The highest BCUT2D eigenvalue weighted by Crippen LogP contribution is 2.50. The molecule has 0 N–H and O–H groups in total. The summed E-state index contributed by atoms with van der Waals surface area (Å²) in [6.45, 7) is 8.26. The molecule has 0 saturated heterocycles. The van der Waals surface area contributed by atoms with E-state index < -0.39 is 5.60 Å². The Kier molecular flexibility index (Phi) is 6.76. The van der Waals surface area contributed by atoms with Crippen molar-refractivity contribution in [3.63, 3.8) is 0 Å². The second-order valence-corrected chi connectivity index (χ2v) is 11.9. The van der Waals surface area contributed by atoms with Gasteiger partial charge in [-0.2, -0.15) is 0 Å². The highest BCUT2D eigenvalue weighted by atomic mass is 35.5. The molecule has 5 heteroatoms. The molecule has 2 fully saturated rings. The van der Waals surface area contributed by atoms with Gasteiger partial charge in [-0.25, -0.2) is 0 Å². The minimum atomic E-state index is -1.03. The van der Waals surface area contributed by atoms with Crippen LogP contribution >= 0.6 is 11.6 Å². The van der Waals surface area contributed by atoms with Crippen LogP contribution in [0.4, 0.5) is 0 Å². The van der Waals surface area contributed by atoms with Gasteiger partial charge in [0.2, 0.25) is 0 Å². The normalized spacial score (nSPS) is 21.9. The summed E-state index contributed by atoms with van der Waals surface area (Å²) in [5.74, 6) is 2.80. The van der Waals surface area contributed by atoms with Gasteiger partial charge in [0, 0.05) is 27.9 Å². The van der Waals surface area contributed by atoms with Gasteiger partial charge in [-0.1, -0.05) is 31.5 Å². The molecule has 2 atom stereocenters. The maximum Gasteiger partial charge on any atom is 0.270 e. The minimum Gasteiger partial charge on any atom is -0.478 e. The van der Waals surface area contributed by atoms with Crippen LogP contribution in [-0.2, 0) is 4.79 Å². The van der Waals surface area contributed by atoms with Crippen LogP contribution in [-0.4, -0.2) is 28.2 Å². The van der Waals surface area contributed by atoms with E-state index in [0.29, 0.717) is 51.6 Å². The van der Waals surface area contributed by atoms with E-state index in [1.165, 1.54) is 31.4 Å². The number of ether oxygens (including phenoxy) is 1. The van der Waals surface area contributed by atoms with Crippen molar-refractivity contribution >= 4 is 23.3 Å². The fourth-order valence-electron chi connectivity index (χ4n) is 5.44. The zero-order chi connectivity index (χ0) is 25.6. The van der Waals surface area contributed by atoms with E-state index in [1.54, 1.807) is 48.5 Å². The van der Waals surface area contributed by atoms with Gasteiger partial charge >= 0.3 is 0 Å². The van der Waals surface area contributed by atoms with Crippen LogP contribution in [0.5, 0.6) is 5.75 Å². The minimum absolute atomic E-state index is 0.0418. The third kappa shape index (κ3) is 5.25. The largest absolute Gasteiger partial charge is 0.478 e. The summed E-state index contributed by atoms with van der Waals surface area (Å²) < 4.78 is 6.32. The molecule has 0 bridgehead atoms. The van der Waals surface area contributed by atoms with Crippen molar-refractivity contribution in [3.8, 4) is 5.75 Å².